The van der Waals surface area contributed by atoms with Gasteiger partial charge in [-0.2, -0.15) is 0 Å². The number of aromatic nitrogens is 1. The molecule has 0 aliphatic heterocycles. The van der Waals surface area contributed by atoms with Crippen LogP contribution in [0.5, 0.6) is 0 Å². The average molecular weight is 215 g/mol. The van der Waals surface area contributed by atoms with Gasteiger partial charge in [-0.05, 0) is 24.3 Å². The van der Waals surface area contributed by atoms with Gasteiger partial charge >= 0.3 is 0 Å². The highest BCUT2D eigenvalue weighted by molar-refractivity contribution is 5.71. The monoisotopic (exact) mass is 215 g/mol. The molecule has 16 heavy (non-hydrogen) atoms. The number of fused-ring (bicyclic) bond motifs is 1. The fourth-order valence-corrected chi connectivity index (χ4v) is 1.22. The lowest BCUT2D eigenvalue weighted by Crippen LogP contribution is -1.63. The molecule has 0 unspecified atom stereocenters. The predicted molar refractivity (Wildman–Crippen MR) is 60.4 cm³/mol. The Labute approximate surface area is 92.4 Å². The van der Waals surface area contributed by atoms with E-state index < -0.39 is 0 Å². The van der Waals surface area contributed by atoms with E-state index in [1.165, 1.54) is 18.5 Å². The van der Waals surface area contributed by atoms with E-state index in [4.69, 9.17) is 4.42 Å². The summed E-state index contributed by atoms with van der Waals surface area (Å²) in [7, 11) is 0. The maximum atomic E-state index is 11.9. The van der Waals surface area contributed by atoms with Crippen molar-refractivity contribution in [1.82, 2.24) is 4.98 Å². The normalized spacial score (nSPS) is 9.56. The molecule has 3 aromatic rings. The van der Waals surface area contributed by atoms with Crippen LogP contribution in [0.4, 0.5) is 4.39 Å². The Bertz CT molecular complexity index is 518. The van der Waals surface area contributed by atoms with Gasteiger partial charge in [0.25, 0.3) is 0 Å². The Morgan fingerprint density at radius 1 is 0.875 bits per heavy atom. The van der Waals surface area contributed by atoms with Crippen LogP contribution in [0.15, 0.2) is 65.4 Å². The van der Waals surface area contributed by atoms with Crippen LogP contribution in [0.1, 0.15) is 0 Å². The highest BCUT2D eigenvalue weighted by atomic mass is 19.1. The molecule has 0 saturated carbocycles. The van der Waals surface area contributed by atoms with Crippen LogP contribution < -0.4 is 0 Å². The Morgan fingerprint density at radius 2 is 1.56 bits per heavy atom. The highest BCUT2D eigenvalue weighted by Gasteiger charge is 1.91. The van der Waals surface area contributed by atoms with Crippen molar-refractivity contribution in [3.8, 4) is 0 Å². The molecule has 2 nitrogen and oxygen atoms in total. The first-order valence-electron chi connectivity index (χ1n) is 4.85. The van der Waals surface area contributed by atoms with Crippen LogP contribution in [-0.4, -0.2) is 4.98 Å². The SMILES string of the molecule is Fc1ccccc1.c1ccc2ocnc2c1. The highest BCUT2D eigenvalue weighted by Crippen LogP contribution is 2.09. The number of hydrogen-bond donors (Lipinski definition) is 0. The van der Waals surface area contributed by atoms with E-state index in [1.807, 2.05) is 24.3 Å². The van der Waals surface area contributed by atoms with Crippen molar-refractivity contribution >= 4 is 11.1 Å². The lowest BCUT2D eigenvalue weighted by Gasteiger charge is -1.79. The molecule has 0 atom stereocenters. The summed E-state index contributed by atoms with van der Waals surface area (Å²) in [6.07, 6.45) is 1.45. The molecular weight excluding hydrogens is 205 g/mol. The smallest absolute Gasteiger partial charge is 0.181 e. The summed E-state index contributed by atoms with van der Waals surface area (Å²) in [5.74, 6) is -0.178. The van der Waals surface area contributed by atoms with Crippen molar-refractivity contribution in [2.75, 3.05) is 0 Å². The molecule has 0 bridgehead atoms. The lowest BCUT2D eigenvalue weighted by atomic mass is 10.3. The van der Waals surface area contributed by atoms with Crippen LogP contribution >= 0.6 is 0 Å². The zero-order valence-electron chi connectivity index (χ0n) is 8.51. The molecule has 80 valence electrons. The summed E-state index contributed by atoms with van der Waals surface area (Å²) in [4.78, 5) is 3.95. The number of hydrogen-bond acceptors (Lipinski definition) is 2. The van der Waals surface area contributed by atoms with Gasteiger partial charge in [-0.25, -0.2) is 9.37 Å². The van der Waals surface area contributed by atoms with Gasteiger partial charge in [0.2, 0.25) is 0 Å². The second kappa shape index (κ2) is 5.07. The molecule has 0 aliphatic carbocycles. The van der Waals surface area contributed by atoms with Gasteiger partial charge in [0.15, 0.2) is 12.0 Å². The number of benzene rings is 2. The summed E-state index contributed by atoms with van der Waals surface area (Å²) in [5.41, 5.74) is 1.76. The predicted octanol–water partition coefficient (Wildman–Crippen LogP) is 3.65. The van der Waals surface area contributed by atoms with Crippen molar-refractivity contribution in [3.63, 3.8) is 0 Å². The summed E-state index contributed by atoms with van der Waals surface area (Å²) < 4.78 is 16.9. The molecular formula is C13H10FNO. The van der Waals surface area contributed by atoms with Crippen molar-refractivity contribution in [2.45, 2.75) is 0 Å². The standard InChI is InChI=1S/C7H5NO.C6H5F/c1-2-4-7-6(3-1)8-5-9-7;7-6-4-2-1-3-5-6/h1-5H;1-5H. The van der Waals surface area contributed by atoms with Gasteiger partial charge in [0.05, 0.1) is 0 Å². The molecule has 0 saturated heterocycles. The Kier molecular flexibility index (Phi) is 3.28. The zero-order valence-corrected chi connectivity index (χ0v) is 8.51. The third-order valence-electron chi connectivity index (χ3n) is 1.97. The van der Waals surface area contributed by atoms with E-state index in [1.54, 1.807) is 18.2 Å². The summed E-state index contributed by atoms with van der Waals surface area (Å²) >= 11 is 0. The third-order valence-corrected chi connectivity index (χ3v) is 1.97. The Balaban J connectivity index is 0.000000125. The van der Waals surface area contributed by atoms with Crippen LogP contribution in [0, 0.1) is 5.82 Å². The molecule has 0 amide bonds. The quantitative estimate of drug-likeness (QED) is 0.572. The van der Waals surface area contributed by atoms with Gasteiger partial charge in [-0.15, -0.1) is 0 Å². The molecule has 3 rings (SSSR count). The van der Waals surface area contributed by atoms with E-state index in [2.05, 4.69) is 4.98 Å². The lowest BCUT2D eigenvalue weighted by molar-refractivity contribution is 0.602. The summed E-state index contributed by atoms with van der Waals surface area (Å²) in [5, 5.41) is 0. The minimum Gasteiger partial charge on any atom is -0.443 e. The first kappa shape index (κ1) is 10.4. The maximum Gasteiger partial charge on any atom is 0.181 e. The number of rotatable bonds is 0. The van der Waals surface area contributed by atoms with Crippen molar-refractivity contribution < 1.29 is 8.81 Å². The topological polar surface area (TPSA) is 26.0 Å². The van der Waals surface area contributed by atoms with Crippen molar-refractivity contribution in [2.24, 2.45) is 0 Å². The molecule has 0 N–H and O–H groups in total. The molecule has 3 heteroatoms. The van der Waals surface area contributed by atoms with E-state index in [0.717, 1.165) is 11.1 Å². The summed E-state index contributed by atoms with van der Waals surface area (Å²) in [6, 6.07) is 15.6. The van der Waals surface area contributed by atoms with Crippen molar-refractivity contribution in [3.05, 3.63) is 66.8 Å². The Hall–Kier alpha value is -2.16. The van der Waals surface area contributed by atoms with Gasteiger partial charge in [0.1, 0.15) is 11.3 Å². The first-order valence-corrected chi connectivity index (χ1v) is 4.85. The van der Waals surface area contributed by atoms with Gasteiger partial charge in [0, 0.05) is 0 Å². The molecule has 0 radical (unpaired) electrons. The van der Waals surface area contributed by atoms with Gasteiger partial charge < -0.3 is 4.42 Å². The van der Waals surface area contributed by atoms with Crippen LogP contribution in [0.25, 0.3) is 11.1 Å². The minimum absolute atomic E-state index is 0.178. The van der Waals surface area contributed by atoms with E-state index in [9.17, 15) is 4.39 Å². The minimum atomic E-state index is -0.178. The molecule has 0 spiro atoms. The molecule has 2 aromatic carbocycles. The van der Waals surface area contributed by atoms with Crippen LogP contribution in [0.3, 0.4) is 0 Å². The molecule has 0 aliphatic rings. The number of halogens is 1. The van der Waals surface area contributed by atoms with E-state index in [0.29, 0.717) is 0 Å². The van der Waals surface area contributed by atoms with E-state index in [-0.39, 0.29) is 5.82 Å². The van der Waals surface area contributed by atoms with E-state index >= 15 is 0 Å². The summed E-state index contributed by atoms with van der Waals surface area (Å²) in [6.45, 7) is 0. The largest absolute Gasteiger partial charge is 0.443 e. The molecule has 0 fully saturated rings. The fraction of sp³-hybridized carbons (Fsp3) is 0. The average Bonchev–Trinajstić information content (AvgIpc) is 2.79. The van der Waals surface area contributed by atoms with Crippen LogP contribution in [-0.2, 0) is 0 Å². The van der Waals surface area contributed by atoms with Crippen LogP contribution in [0.2, 0.25) is 0 Å². The second-order valence-electron chi connectivity index (χ2n) is 3.12. The number of para-hydroxylation sites is 2. The second-order valence-corrected chi connectivity index (χ2v) is 3.12. The Morgan fingerprint density at radius 3 is 2.19 bits per heavy atom. The maximum absolute atomic E-state index is 11.9. The first-order chi connectivity index (χ1) is 7.86. The zero-order chi connectivity index (χ0) is 11.2. The van der Waals surface area contributed by atoms with Gasteiger partial charge in [-0.1, -0.05) is 30.3 Å². The molecule has 1 heterocycles. The van der Waals surface area contributed by atoms with Gasteiger partial charge in [-0.3, -0.25) is 0 Å². The fourth-order valence-electron chi connectivity index (χ4n) is 1.22. The third kappa shape index (κ3) is 2.67. The molecule has 1 aromatic heterocycles. The number of oxazole rings is 1. The van der Waals surface area contributed by atoms with Crippen molar-refractivity contribution in [1.29, 1.82) is 0 Å². The number of nitrogens with zero attached hydrogens (tertiary/aromatic N) is 1.